The van der Waals surface area contributed by atoms with E-state index in [0.717, 1.165) is 43.4 Å². The number of anilines is 1. The van der Waals surface area contributed by atoms with E-state index in [1.54, 1.807) is 6.20 Å². The standard InChI is InChI=1S/C21H27N5O2/c1-15-12-17(13-16(2)28-15)20(27)24-21-23-18-6-3-4-7-19(18)26(21)10-5-9-25-11-8-22-14-25/h3-4,6-8,11,14-17H,5,9-10,12-13H2,1-2H3,(H,23,24,27)/t15-,16+,17?. The topological polar surface area (TPSA) is 74.0 Å². The molecule has 7 heteroatoms. The lowest BCUT2D eigenvalue weighted by Crippen LogP contribution is -2.36. The van der Waals surface area contributed by atoms with Crippen LogP contribution in [0.4, 0.5) is 5.95 Å². The Morgan fingerprint density at radius 1 is 1.21 bits per heavy atom. The maximum absolute atomic E-state index is 12.9. The summed E-state index contributed by atoms with van der Waals surface area (Å²) in [6, 6.07) is 8.01. The van der Waals surface area contributed by atoms with Gasteiger partial charge in [0.2, 0.25) is 11.9 Å². The fourth-order valence-electron chi connectivity index (χ4n) is 4.06. The predicted octanol–water partition coefficient (Wildman–Crippen LogP) is 3.47. The highest BCUT2D eigenvalue weighted by atomic mass is 16.5. The van der Waals surface area contributed by atoms with E-state index in [1.165, 1.54) is 0 Å². The minimum Gasteiger partial charge on any atom is -0.376 e. The van der Waals surface area contributed by atoms with Crippen LogP contribution in [0.15, 0.2) is 43.0 Å². The number of imidazole rings is 2. The summed E-state index contributed by atoms with van der Waals surface area (Å²) in [5.74, 6) is 0.620. The molecule has 1 aromatic carbocycles. The molecule has 4 rings (SSSR count). The average molecular weight is 381 g/mol. The maximum atomic E-state index is 12.9. The molecule has 2 aromatic heterocycles. The highest BCUT2D eigenvalue weighted by Crippen LogP contribution is 2.27. The van der Waals surface area contributed by atoms with E-state index >= 15 is 0 Å². The number of hydrogen-bond acceptors (Lipinski definition) is 4. The third kappa shape index (κ3) is 4.09. The first kappa shape index (κ1) is 18.7. The Bertz CT molecular complexity index is 924. The third-order valence-corrected chi connectivity index (χ3v) is 5.32. The number of nitrogens with one attached hydrogen (secondary N) is 1. The number of aryl methyl sites for hydroxylation is 2. The van der Waals surface area contributed by atoms with Gasteiger partial charge in [-0.05, 0) is 45.2 Å². The number of ether oxygens (including phenoxy) is 1. The molecule has 3 atom stereocenters. The van der Waals surface area contributed by atoms with Gasteiger partial charge in [-0.1, -0.05) is 12.1 Å². The zero-order valence-electron chi connectivity index (χ0n) is 16.4. The molecular weight excluding hydrogens is 354 g/mol. The summed E-state index contributed by atoms with van der Waals surface area (Å²) < 4.78 is 9.93. The first-order valence-corrected chi connectivity index (χ1v) is 9.97. The van der Waals surface area contributed by atoms with Gasteiger partial charge in [0.05, 0.1) is 29.6 Å². The van der Waals surface area contributed by atoms with Crippen molar-refractivity contribution in [2.45, 2.75) is 58.4 Å². The van der Waals surface area contributed by atoms with Crippen LogP contribution >= 0.6 is 0 Å². The van der Waals surface area contributed by atoms with Gasteiger partial charge in [0.25, 0.3) is 0 Å². The molecule has 1 amide bonds. The van der Waals surface area contributed by atoms with Crippen LogP contribution in [0.2, 0.25) is 0 Å². The van der Waals surface area contributed by atoms with E-state index in [9.17, 15) is 4.79 Å². The molecule has 3 aromatic rings. The number of amides is 1. The molecule has 1 N–H and O–H groups in total. The van der Waals surface area contributed by atoms with E-state index in [4.69, 9.17) is 4.74 Å². The molecule has 0 saturated carbocycles. The molecule has 0 bridgehead atoms. The predicted molar refractivity (Wildman–Crippen MR) is 108 cm³/mol. The highest BCUT2D eigenvalue weighted by Gasteiger charge is 2.30. The van der Waals surface area contributed by atoms with Crippen LogP contribution in [0.5, 0.6) is 0 Å². The molecule has 1 aliphatic heterocycles. The summed E-state index contributed by atoms with van der Waals surface area (Å²) in [6.45, 7) is 5.70. The highest BCUT2D eigenvalue weighted by molar-refractivity contribution is 5.93. The Morgan fingerprint density at radius 3 is 2.75 bits per heavy atom. The van der Waals surface area contributed by atoms with Crippen LogP contribution < -0.4 is 5.32 Å². The minimum atomic E-state index is -0.0436. The number of para-hydroxylation sites is 2. The lowest BCUT2D eigenvalue weighted by molar-refractivity contribution is -0.128. The smallest absolute Gasteiger partial charge is 0.229 e. The summed E-state index contributed by atoms with van der Waals surface area (Å²) in [5.41, 5.74) is 1.94. The summed E-state index contributed by atoms with van der Waals surface area (Å²) in [6.07, 6.45) is 8.19. The van der Waals surface area contributed by atoms with Gasteiger partial charge in [-0.2, -0.15) is 0 Å². The number of hydrogen-bond donors (Lipinski definition) is 1. The lowest BCUT2D eigenvalue weighted by atomic mass is 9.92. The molecule has 1 aliphatic rings. The summed E-state index contributed by atoms with van der Waals surface area (Å²) in [5, 5.41) is 3.09. The Labute approximate surface area is 164 Å². The van der Waals surface area contributed by atoms with Crippen molar-refractivity contribution in [3.63, 3.8) is 0 Å². The monoisotopic (exact) mass is 381 g/mol. The molecular formula is C21H27N5O2. The molecule has 7 nitrogen and oxygen atoms in total. The van der Waals surface area contributed by atoms with E-state index in [1.807, 2.05) is 50.6 Å². The zero-order chi connectivity index (χ0) is 19.5. The van der Waals surface area contributed by atoms with E-state index in [0.29, 0.717) is 5.95 Å². The number of rotatable bonds is 6. The largest absolute Gasteiger partial charge is 0.376 e. The van der Waals surface area contributed by atoms with Crippen LogP contribution in [-0.4, -0.2) is 37.2 Å². The first-order chi connectivity index (χ1) is 13.6. The van der Waals surface area contributed by atoms with Crippen molar-refractivity contribution in [3.05, 3.63) is 43.0 Å². The van der Waals surface area contributed by atoms with E-state index in [-0.39, 0.29) is 24.0 Å². The number of carbonyl (C=O) groups excluding carboxylic acids is 1. The Morgan fingerprint density at radius 2 is 2.00 bits per heavy atom. The van der Waals surface area contributed by atoms with Crippen molar-refractivity contribution < 1.29 is 9.53 Å². The van der Waals surface area contributed by atoms with Gasteiger partial charge in [-0.3, -0.25) is 10.1 Å². The number of nitrogens with zero attached hydrogens (tertiary/aromatic N) is 4. The molecule has 148 valence electrons. The van der Waals surface area contributed by atoms with Crippen LogP contribution in [0.3, 0.4) is 0 Å². The van der Waals surface area contributed by atoms with Gasteiger partial charge in [-0.15, -0.1) is 0 Å². The SMILES string of the molecule is C[C@@H]1CC(C(=O)Nc2nc3ccccc3n2CCCn2ccnc2)C[C@H](C)O1. The fourth-order valence-corrected chi connectivity index (χ4v) is 4.06. The van der Waals surface area contributed by atoms with Gasteiger partial charge >= 0.3 is 0 Å². The molecule has 0 aliphatic carbocycles. The van der Waals surface area contributed by atoms with Crippen LogP contribution in [0, 0.1) is 5.92 Å². The number of fused-ring (bicyclic) bond motifs is 1. The summed E-state index contributed by atoms with van der Waals surface area (Å²) in [7, 11) is 0. The Balaban J connectivity index is 1.51. The first-order valence-electron chi connectivity index (χ1n) is 9.97. The average Bonchev–Trinajstić information content (AvgIpc) is 3.29. The van der Waals surface area contributed by atoms with E-state index in [2.05, 4.69) is 24.4 Å². The third-order valence-electron chi connectivity index (χ3n) is 5.32. The molecule has 28 heavy (non-hydrogen) atoms. The van der Waals surface area contributed by atoms with Crippen LogP contribution in [0.1, 0.15) is 33.1 Å². The maximum Gasteiger partial charge on any atom is 0.229 e. The van der Waals surface area contributed by atoms with Gasteiger partial charge in [0, 0.05) is 31.4 Å². The normalized spacial score (nSPS) is 22.4. The van der Waals surface area contributed by atoms with Crippen molar-refractivity contribution in [1.29, 1.82) is 0 Å². The Kier molecular flexibility index (Phi) is 5.43. The van der Waals surface area contributed by atoms with Crippen LogP contribution in [0.25, 0.3) is 11.0 Å². The zero-order valence-corrected chi connectivity index (χ0v) is 16.4. The Hall–Kier alpha value is -2.67. The molecule has 1 fully saturated rings. The quantitative estimate of drug-likeness (QED) is 0.710. The van der Waals surface area contributed by atoms with Crippen molar-refractivity contribution in [2.75, 3.05) is 5.32 Å². The van der Waals surface area contributed by atoms with Crippen molar-refractivity contribution >= 4 is 22.9 Å². The molecule has 1 unspecified atom stereocenters. The molecule has 1 saturated heterocycles. The molecule has 0 spiro atoms. The number of benzene rings is 1. The van der Waals surface area contributed by atoms with Gasteiger partial charge < -0.3 is 13.9 Å². The lowest BCUT2D eigenvalue weighted by Gasteiger charge is -2.31. The van der Waals surface area contributed by atoms with Crippen LogP contribution in [-0.2, 0) is 22.6 Å². The second-order valence-electron chi connectivity index (χ2n) is 7.64. The minimum absolute atomic E-state index is 0.0353. The summed E-state index contributed by atoms with van der Waals surface area (Å²) >= 11 is 0. The van der Waals surface area contributed by atoms with E-state index < -0.39 is 0 Å². The van der Waals surface area contributed by atoms with Gasteiger partial charge in [0.15, 0.2) is 0 Å². The van der Waals surface area contributed by atoms with Crippen molar-refractivity contribution in [2.24, 2.45) is 5.92 Å². The van der Waals surface area contributed by atoms with Crippen molar-refractivity contribution in [3.8, 4) is 0 Å². The van der Waals surface area contributed by atoms with Crippen molar-refractivity contribution in [1.82, 2.24) is 19.1 Å². The number of carbonyl (C=O) groups is 1. The number of aromatic nitrogens is 4. The van der Waals surface area contributed by atoms with Gasteiger partial charge in [-0.25, -0.2) is 9.97 Å². The summed E-state index contributed by atoms with van der Waals surface area (Å²) in [4.78, 5) is 21.7. The molecule has 0 radical (unpaired) electrons. The molecule has 3 heterocycles. The second-order valence-corrected chi connectivity index (χ2v) is 7.64. The fraction of sp³-hybridized carbons (Fsp3) is 0.476. The second kappa shape index (κ2) is 8.14. The van der Waals surface area contributed by atoms with Gasteiger partial charge in [0.1, 0.15) is 0 Å².